The fourth-order valence-electron chi connectivity index (χ4n) is 1.53. The quantitative estimate of drug-likeness (QED) is 0.631. The van der Waals surface area contributed by atoms with Crippen LogP contribution in [-0.4, -0.2) is 25.1 Å². The van der Waals surface area contributed by atoms with E-state index in [0.717, 1.165) is 5.56 Å². The number of hydrogen-bond donors (Lipinski definition) is 0. The van der Waals surface area contributed by atoms with Crippen molar-refractivity contribution in [1.82, 2.24) is 20.2 Å². The Morgan fingerprint density at radius 1 is 1.42 bits per heavy atom. The zero-order valence-corrected chi connectivity index (χ0v) is 11.6. The van der Waals surface area contributed by atoms with Crippen molar-refractivity contribution in [2.45, 2.75) is 36.9 Å². The third-order valence-corrected chi connectivity index (χ3v) is 3.48. The molecule has 0 spiro atoms. The Kier molecular flexibility index (Phi) is 3.79. The van der Waals surface area contributed by atoms with Crippen LogP contribution in [0.2, 0.25) is 0 Å². The molecule has 0 unspecified atom stereocenters. The van der Waals surface area contributed by atoms with E-state index in [-0.39, 0.29) is 11.7 Å². The molecule has 0 aliphatic carbocycles. The highest BCUT2D eigenvalue weighted by molar-refractivity contribution is 7.99. The molecule has 2 rings (SSSR count). The summed E-state index contributed by atoms with van der Waals surface area (Å²) in [5.74, 6) is 0. The van der Waals surface area contributed by atoms with E-state index in [1.807, 2.05) is 26.8 Å². The summed E-state index contributed by atoms with van der Waals surface area (Å²) in [6, 6.07) is 5.20. The lowest BCUT2D eigenvalue weighted by atomic mass is 10.2. The van der Waals surface area contributed by atoms with E-state index >= 15 is 0 Å². The van der Waals surface area contributed by atoms with Gasteiger partial charge < -0.3 is 0 Å². The van der Waals surface area contributed by atoms with Crippen molar-refractivity contribution in [1.29, 1.82) is 0 Å². The van der Waals surface area contributed by atoms with Crippen LogP contribution in [0.1, 0.15) is 25.5 Å². The predicted octanol–water partition coefficient (Wildman–Crippen LogP) is 2.62. The van der Waals surface area contributed by atoms with Gasteiger partial charge in [-0.25, -0.2) is 4.68 Å². The average Bonchev–Trinajstić information content (AvgIpc) is 2.79. The van der Waals surface area contributed by atoms with Gasteiger partial charge in [0.15, 0.2) is 0 Å². The van der Waals surface area contributed by atoms with Crippen LogP contribution in [0.3, 0.4) is 0 Å². The second-order valence-electron chi connectivity index (χ2n) is 4.33. The topological polar surface area (TPSA) is 86.7 Å². The van der Waals surface area contributed by atoms with E-state index in [0.29, 0.717) is 10.1 Å². The van der Waals surface area contributed by atoms with Crippen molar-refractivity contribution < 1.29 is 4.92 Å². The normalized spacial score (nSPS) is 10.9. The Hall–Kier alpha value is -1.96. The van der Waals surface area contributed by atoms with Crippen molar-refractivity contribution in [3.05, 3.63) is 33.9 Å². The summed E-state index contributed by atoms with van der Waals surface area (Å²) in [4.78, 5) is 11.2. The van der Waals surface area contributed by atoms with E-state index in [1.165, 1.54) is 11.8 Å². The number of aromatic nitrogens is 4. The van der Waals surface area contributed by atoms with E-state index in [4.69, 9.17) is 0 Å². The zero-order chi connectivity index (χ0) is 14.0. The minimum Gasteiger partial charge on any atom is -0.258 e. The zero-order valence-electron chi connectivity index (χ0n) is 10.8. The van der Waals surface area contributed by atoms with Crippen LogP contribution in [0.4, 0.5) is 5.69 Å². The Morgan fingerprint density at radius 3 is 2.79 bits per heavy atom. The van der Waals surface area contributed by atoms with Gasteiger partial charge in [0.2, 0.25) is 5.16 Å². The lowest BCUT2D eigenvalue weighted by Crippen LogP contribution is -2.04. The fourth-order valence-corrected chi connectivity index (χ4v) is 2.52. The number of nitrogens with zero attached hydrogens (tertiary/aromatic N) is 5. The first-order chi connectivity index (χ1) is 8.99. The van der Waals surface area contributed by atoms with Crippen molar-refractivity contribution in [3.8, 4) is 0 Å². The SMILES string of the molecule is Cc1ccc(Sc2nnnn2C(C)C)c([N+](=O)[O-])c1. The summed E-state index contributed by atoms with van der Waals surface area (Å²) in [6.07, 6.45) is 0. The minimum absolute atomic E-state index is 0.0725. The molecule has 0 saturated heterocycles. The molecule has 0 amide bonds. The Bertz CT molecular complexity index is 611. The molecule has 2 aromatic rings. The van der Waals surface area contributed by atoms with Crippen molar-refractivity contribution in [2.24, 2.45) is 0 Å². The van der Waals surface area contributed by atoms with Crippen LogP contribution in [-0.2, 0) is 0 Å². The molecule has 0 fully saturated rings. The molecule has 19 heavy (non-hydrogen) atoms. The molecular weight excluding hydrogens is 266 g/mol. The molecule has 1 aromatic carbocycles. The van der Waals surface area contributed by atoms with E-state index in [2.05, 4.69) is 15.5 Å². The van der Waals surface area contributed by atoms with Gasteiger partial charge in [-0.15, -0.1) is 5.10 Å². The first-order valence-corrected chi connectivity index (χ1v) is 6.51. The molecule has 0 aliphatic rings. The van der Waals surface area contributed by atoms with Crippen LogP contribution >= 0.6 is 11.8 Å². The summed E-state index contributed by atoms with van der Waals surface area (Å²) in [7, 11) is 0. The first-order valence-electron chi connectivity index (χ1n) is 5.70. The molecule has 8 heteroatoms. The highest BCUT2D eigenvalue weighted by atomic mass is 32.2. The smallest absolute Gasteiger partial charge is 0.258 e. The van der Waals surface area contributed by atoms with Crippen LogP contribution in [0.5, 0.6) is 0 Å². The summed E-state index contributed by atoms with van der Waals surface area (Å²) in [6.45, 7) is 5.72. The molecule has 0 N–H and O–H groups in total. The molecule has 0 aliphatic heterocycles. The molecule has 0 radical (unpaired) electrons. The van der Waals surface area contributed by atoms with Gasteiger partial charge in [0.05, 0.1) is 15.9 Å². The number of nitro groups is 1. The van der Waals surface area contributed by atoms with Gasteiger partial charge in [-0.1, -0.05) is 6.07 Å². The van der Waals surface area contributed by atoms with Crippen molar-refractivity contribution >= 4 is 17.4 Å². The monoisotopic (exact) mass is 279 g/mol. The minimum atomic E-state index is -0.390. The van der Waals surface area contributed by atoms with Gasteiger partial charge in [-0.05, 0) is 54.6 Å². The maximum absolute atomic E-state index is 11.1. The third-order valence-electron chi connectivity index (χ3n) is 2.46. The molecule has 0 atom stereocenters. The predicted molar refractivity (Wildman–Crippen MR) is 70.2 cm³/mol. The van der Waals surface area contributed by atoms with E-state index < -0.39 is 4.92 Å². The van der Waals surface area contributed by atoms with Crippen LogP contribution in [0.15, 0.2) is 28.3 Å². The molecule has 0 bridgehead atoms. The van der Waals surface area contributed by atoms with Gasteiger partial charge in [-0.2, -0.15) is 0 Å². The maximum Gasteiger partial charge on any atom is 0.283 e. The summed E-state index contributed by atoms with van der Waals surface area (Å²) < 4.78 is 1.63. The van der Waals surface area contributed by atoms with Crippen LogP contribution in [0, 0.1) is 17.0 Å². The van der Waals surface area contributed by atoms with Crippen LogP contribution in [0.25, 0.3) is 0 Å². The summed E-state index contributed by atoms with van der Waals surface area (Å²) in [5, 5.41) is 23.0. The Balaban J connectivity index is 2.38. The van der Waals surface area contributed by atoms with Crippen molar-refractivity contribution in [3.63, 3.8) is 0 Å². The maximum atomic E-state index is 11.1. The lowest BCUT2D eigenvalue weighted by molar-refractivity contribution is -0.387. The van der Waals surface area contributed by atoms with Crippen LogP contribution < -0.4 is 0 Å². The number of tetrazole rings is 1. The number of nitro benzene ring substituents is 1. The van der Waals surface area contributed by atoms with Gasteiger partial charge >= 0.3 is 0 Å². The third kappa shape index (κ3) is 2.90. The molecule has 1 aromatic heterocycles. The summed E-state index contributed by atoms with van der Waals surface area (Å²) >= 11 is 1.20. The molecule has 0 saturated carbocycles. The van der Waals surface area contributed by atoms with Gasteiger partial charge in [-0.3, -0.25) is 10.1 Å². The van der Waals surface area contributed by atoms with Gasteiger partial charge in [0.25, 0.3) is 5.69 Å². The largest absolute Gasteiger partial charge is 0.283 e. The van der Waals surface area contributed by atoms with Gasteiger partial charge in [0.1, 0.15) is 0 Å². The number of hydrogen-bond acceptors (Lipinski definition) is 6. The van der Waals surface area contributed by atoms with E-state index in [1.54, 1.807) is 16.8 Å². The fraction of sp³-hybridized carbons (Fsp3) is 0.364. The lowest BCUT2D eigenvalue weighted by Gasteiger charge is -2.07. The Labute approximate surface area is 114 Å². The highest BCUT2D eigenvalue weighted by Crippen LogP contribution is 2.34. The Morgan fingerprint density at radius 2 is 2.16 bits per heavy atom. The number of aryl methyl sites for hydroxylation is 1. The average molecular weight is 279 g/mol. The summed E-state index contributed by atoms with van der Waals surface area (Å²) in [5.41, 5.74) is 0.919. The molecular formula is C11H13N5O2S. The highest BCUT2D eigenvalue weighted by Gasteiger charge is 2.18. The molecule has 100 valence electrons. The second-order valence-corrected chi connectivity index (χ2v) is 5.34. The first kappa shape index (κ1) is 13.5. The molecule has 7 nitrogen and oxygen atoms in total. The number of rotatable bonds is 4. The van der Waals surface area contributed by atoms with E-state index in [9.17, 15) is 10.1 Å². The van der Waals surface area contributed by atoms with Crippen molar-refractivity contribution in [2.75, 3.05) is 0 Å². The second kappa shape index (κ2) is 5.35. The molecule has 1 heterocycles. The van der Waals surface area contributed by atoms with Gasteiger partial charge in [0, 0.05) is 6.07 Å². The number of benzene rings is 1. The standard InChI is InChI=1S/C11H13N5O2S/c1-7(2)15-11(12-13-14-15)19-10-5-4-8(3)6-9(10)16(17)18/h4-7H,1-3H3.